The highest BCUT2D eigenvalue weighted by Gasteiger charge is 2.14. The van der Waals surface area contributed by atoms with Crippen molar-refractivity contribution in [1.82, 2.24) is 0 Å². The van der Waals surface area contributed by atoms with Crippen molar-refractivity contribution < 1.29 is 9.53 Å². The van der Waals surface area contributed by atoms with Gasteiger partial charge in [-0.3, -0.25) is 0 Å². The number of rotatable bonds is 3. The lowest BCUT2D eigenvalue weighted by Gasteiger charge is -1.99. The van der Waals surface area contributed by atoms with E-state index in [-0.39, 0.29) is 5.97 Å². The van der Waals surface area contributed by atoms with Gasteiger partial charge in [0.25, 0.3) is 0 Å². The molecule has 94 valence electrons. The van der Waals surface area contributed by atoms with Crippen molar-refractivity contribution in [2.45, 2.75) is 13.8 Å². The van der Waals surface area contributed by atoms with Gasteiger partial charge in [-0.1, -0.05) is 28.1 Å². The van der Waals surface area contributed by atoms with Gasteiger partial charge in [-0.2, -0.15) is 0 Å². The fourth-order valence-electron chi connectivity index (χ4n) is 1.67. The maximum atomic E-state index is 11.7. The van der Waals surface area contributed by atoms with Crippen molar-refractivity contribution in [2.24, 2.45) is 0 Å². The average Bonchev–Trinajstić information content (AvgIpc) is 2.73. The first kappa shape index (κ1) is 13.3. The quantitative estimate of drug-likeness (QED) is 0.767. The predicted molar refractivity (Wildman–Crippen MR) is 78.1 cm³/mol. The molecule has 0 N–H and O–H groups in total. The first-order chi connectivity index (χ1) is 8.61. The lowest BCUT2D eigenvalue weighted by molar-refractivity contribution is 0.0532. The number of aryl methyl sites for hydroxylation is 1. The molecule has 0 amide bonds. The minimum Gasteiger partial charge on any atom is -0.462 e. The van der Waals surface area contributed by atoms with E-state index in [9.17, 15) is 4.79 Å². The molecular weight excluding hydrogens is 312 g/mol. The Morgan fingerprint density at radius 1 is 1.33 bits per heavy atom. The highest BCUT2D eigenvalue weighted by molar-refractivity contribution is 9.10. The van der Waals surface area contributed by atoms with E-state index in [1.807, 2.05) is 44.2 Å². The van der Waals surface area contributed by atoms with Crippen LogP contribution >= 0.6 is 27.3 Å². The van der Waals surface area contributed by atoms with E-state index in [4.69, 9.17) is 4.74 Å². The lowest BCUT2D eigenvalue weighted by atomic mass is 10.1. The van der Waals surface area contributed by atoms with Crippen LogP contribution < -0.4 is 0 Å². The van der Waals surface area contributed by atoms with Crippen LogP contribution in [0, 0.1) is 6.92 Å². The summed E-state index contributed by atoms with van der Waals surface area (Å²) in [7, 11) is 0. The highest BCUT2D eigenvalue weighted by atomic mass is 79.9. The van der Waals surface area contributed by atoms with Gasteiger partial charge in [-0.15, -0.1) is 11.3 Å². The summed E-state index contributed by atoms with van der Waals surface area (Å²) in [4.78, 5) is 13.5. The van der Waals surface area contributed by atoms with Crippen molar-refractivity contribution in [3.63, 3.8) is 0 Å². The number of benzene rings is 1. The smallest absolute Gasteiger partial charge is 0.348 e. The first-order valence-corrected chi connectivity index (χ1v) is 7.26. The molecule has 1 aromatic carbocycles. The van der Waals surface area contributed by atoms with Crippen molar-refractivity contribution >= 4 is 33.2 Å². The summed E-state index contributed by atoms with van der Waals surface area (Å²) in [6.45, 7) is 4.23. The molecule has 0 unspecified atom stereocenters. The van der Waals surface area contributed by atoms with Crippen LogP contribution in [0.15, 0.2) is 34.8 Å². The van der Waals surface area contributed by atoms with Gasteiger partial charge in [0.1, 0.15) is 4.88 Å². The topological polar surface area (TPSA) is 26.3 Å². The summed E-state index contributed by atoms with van der Waals surface area (Å²) >= 11 is 4.89. The van der Waals surface area contributed by atoms with Gasteiger partial charge in [-0.25, -0.2) is 4.79 Å². The Morgan fingerprint density at radius 3 is 2.61 bits per heavy atom. The lowest BCUT2D eigenvalue weighted by Crippen LogP contribution is -2.01. The molecule has 0 aliphatic rings. The zero-order valence-corrected chi connectivity index (χ0v) is 12.6. The Kier molecular flexibility index (Phi) is 4.19. The molecule has 0 saturated carbocycles. The summed E-state index contributed by atoms with van der Waals surface area (Å²) in [6, 6.07) is 9.97. The van der Waals surface area contributed by atoms with Crippen LogP contribution in [0.25, 0.3) is 10.4 Å². The predicted octanol–water partition coefficient (Wildman–Crippen LogP) is 4.66. The number of esters is 1. The third-order valence-electron chi connectivity index (χ3n) is 2.50. The SMILES string of the molecule is CCOC(=O)c1cc(C)c(-c2ccc(Br)cc2)s1. The van der Waals surface area contributed by atoms with E-state index >= 15 is 0 Å². The molecular formula is C14H13BrO2S. The number of hydrogen-bond acceptors (Lipinski definition) is 3. The molecule has 0 radical (unpaired) electrons. The Balaban J connectivity index is 2.34. The molecule has 2 aromatic rings. The molecule has 2 rings (SSSR count). The molecule has 0 aliphatic heterocycles. The second-order valence-electron chi connectivity index (χ2n) is 3.85. The summed E-state index contributed by atoms with van der Waals surface area (Å²) < 4.78 is 6.06. The molecule has 18 heavy (non-hydrogen) atoms. The van der Waals surface area contributed by atoms with E-state index in [2.05, 4.69) is 15.9 Å². The molecule has 0 spiro atoms. The molecule has 0 atom stereocenters. The number of carbonyl (C=O) groups is 1. The van der Waals surface area contributed by atoms with Crippen molar-refractivity contribution in [2.75, 3.05) is 6.61 Å². The second kappa shape index (κ2) is 5.67. The summed E-state index contributed by atoms with van der Waals surface area (Å²) in [6.07, 6.45) is 0. The van der Waals surface area contributed by atoms with Crippen LogP contribution in [0.1, 0.15) is 22.2 Å². The Morgan fingerprint density at radius 2 is 2.00 bits per heavy atom. The van der Waals surface area contributed by atoms with Gasteiger partial charge in [-0.05, 0) is 43.2 Å². The monoisotopic (exact) mass is 324 g/mol. The van der Waals surface area contributed by atoms with Crippen LogP contribution in [0.3, 0.4) is 0 Å². The maximum absolute atomic E-state index is 11.7. The minimum atomic E-state index is -0.242. The molecule has 0 saturated heterocycles. The van der Waals surface area contributed by atoms with Crippen LogP contribution in [-0.2, 0) is 4.74 Å². The van der Waals surface area contributed by atoms with Crippen LogP contribution in [-0.4, -0.2) is 12.6 Å². The summed E-state index contributed by atoms with van der Waals surface area (Å²) in [5, 5.41) is 0. The zero-order valence-electron chi connectivity index (χ0n) is 10.2. The van der Waals surface area contributed by atoms with Crippen LogP contribution in [0.5, 0.6) is 0 Å². The molecule has 4 heteroatoms. The van der Waals surface area contributed by atoms with Gasteiger partial charge >= 0.3 is 5.97 Å². The van der Waals surface area contributed by atoms with E-state index in [0.717, 1.165) is 20.5 Å². The minimum absolute atomic E-state index is 0.242. The Hall–Kier alpha value is -1.13. The van der Waals surface area contributed by atoms with E-state index in [1.165, 1.54) is 11.3 Å². The highest BCUT2D eigenvalue weighted by Crippen LogP contribution is 2.33. The van der Waals surface area contributed by atoms with Gasteiger partial charge in [0, 0.05) is 9.35 Å². The van der Waals surface area contributed by atoms with Crippen LogP contribution in [0.4, 0.5) is 0 Å². The molecule has 0 bridgehead atoms. The van der Waals surface area contributed by atoms with Crippen molar-refractivity contribution in [3.8, 4) is 10.4 Å². The fourth-order valence-corrected chi connectivity index (χ4v) is 3.01. The van der Waals surface area contributed by atoms with Gasteiger partial charge in [0.05, 0.1) is 6.61 Å². The standard InChI is InChI=1S/C14H13BrO2S/c1-3-17-14(16)12-8-9(2)13(18-12)10-4-6-11(15)7-5-10/h4-8H,3H2,1-2H3. The van der Waals surface area contributed by atoms with Gasteiger partial charge in [0.15, 0.2) is 0 Å². The number of hydrogen-bond donors (Lipinski definition) is 0. The van der Waals surface area contributed by atoms with Gasteiger partial charge in [0.2, 0.25) is 0 Å². The van der Waals surface area contributed by atoms with Gasteiger partial charge < -0.3 is 4.74 Å². The third kappa shape index (κ3) is 2.82. The number of ether oxygens (including phenoxy) is 1. The third-order valence-corrected chi connectivity index (χ3v) is 4.30. The largest absolute Gasteiger partial charge is 0.462 e. The van der Waals surface area contributed by atoms with Crippen molar-refractivity contribution in [1.29, 1.82) is 0 Å². The summed E-state index contributed by atoms with van der Waals surface area (Å²) in [5.41, 5.74) is 2.22. The van der Waals surface area contributed by atoms with Crippen molar-refractivity contribution in [3.05, 3.63) is 45.2 Å². The second-order valence-corrected chi connectivity index (χ2v) is 5.82. The molecule has 1 aromatic heterocycles. The zero-order chi connectivity index (χ0) is 13.1. The molecule has 1 heterocycles. The van der Waals surface area contributed by atoms with E-state index in [0.29, 0.717) is 11.5 Å². The number of halogens is 1. The number of thiophene rings is 1. The van der Waals surface area contributed by atoms with E-state index in [1.54, 1.807) is 0 Å². The maximum Gasteiger partial charge on any atom is 0.348 e. The first-order valence-electron chi connectivity index (χ1n) is 5.65. The average molecular weight is 325 g/mol. The number of carbonyl (C=O) groups excluding carboxylic acids is 1. The fraction of sp³-hybridized carbons (Fsp3) is 0.214. The molecule has 0 fully saturated rings. The van der Waals surface area contributed by atoms with Crippen LogP contribution in [0.2, 0.25) is 0 Å². The van der Waals surface area contributed by atoms with E-state index < -0.39 is 0 Å². The molecule has 2 nitrogen and oxygen atoms in total. The molecule has 0 aliphatic carbocycles. The Bertz CT molecular complexity index is 558. The Labute approximate surface area is 119 Å². The normalized spacial score (nSPS) is 10.4. The summed E-state index contributed by atoms with van der Waals surface area (Å²) in [5.74, 6) is -0.242.